The van der Waals surface area contributed by atoms with Crippen molar-refractivity contribution in [2.24, 2.45) is 0 Å². The third-order valence-electron chi connectivity index (χ3n) is 7.40. The van der Waals surface area contributed by atoms with E-state index in [1.807, 2.05) is 38.1 Å². The highest BCUT2D eigenvalue weighted by molar-refractivity contribution is 6.34. The van der Waals surface area contributed by atoms with Crippen LogP contribution in [0.25, 0.3) is 28.1 Å². The molecule has 212 valence electrons. The van der Waals surface area contributed by atoms with Gasteiger partial charge in [0.15, 0.2) is 5.69 Å². The molecule has 0 saturated carbocycles. The number of amides is 1. The standard InChI is InChI=1S/C30H28Cl2N4O5/c1-30(2)16-40-8-7-35(30)29(37)27-24-15-41-26-14-25(39-3)22(17-5-4-6-20(9-17)34-38)13-23(26)28(24)36(33-27)21-11-18(31)10-19(32)12-21/h4-6,9-14,34,38H,7-8,15-16H2,1-3H3. The molecule has 0 radical (unpaired) electrons. The number of methoxy groups -OCH3 is 1. The van der Waals surface area contributed by atoms with Crippen molar-refractivity contribution >= 4 is 34.8 Å². The van der Waals surface area contributed by atoms with Gasteiger partial charge in [-0.05, 0) is 55.8 Å². The molecule has 2 N–H and O–H groups in total. The van der Waals surface area contributed by atoms with Crippen molar-refractivity contribution in [3.63, 3.8) is 0 Å². The smallest absolute Gasteiger partial charge is 0.275 e. The summed E-state index contributed by atoms with van der Waals surface area (Å²) in [6, 6.07) is 16.2. The fourth-order valence-electron chi connectivity index (χ4n) is 5.41. The summed E-state index contributed by atoms with van der Waals surface area (Å²) in [5.41, 5.74) is 6.74. The summed E-state index contributed by atoms with van der Waals surface area (Å²) in [5.74, 6) is 0.962. The van der Waals surface area contributed by atoms with Crippen LogP contribution < -0.4 is 15.0 Å². The van der Waals surface area contributed by atoms with Crippen LogP contribution in [0.15, 0.2) is 54.6 Å². The number of fused-ring (bicyclic) bond motifs is 3. The second-order valence-electron chi connectivity index (χ2n) is 10.6. The Labute approximate surface area is 247 Å². The van der Waals surface area contributed by atoms with E-state index in [4.69, 9.17) is 42.5 Å². The number of hydrogen-bond acceptors (Lipinski definition) is 7. The van der Waals surface area contributed by atoms with Gasteiger partial charge in [0.25, 0.3) is 5.91 Å². The number of ether oxygens (including phenoxy) is 3. The number of benzene rings is 3. The molecule has 1 amide bonds. The van der Waals surface area contributed by atoms with Crippen molar-refractivity contribution in [3.8, 4) is 39.6 Å². The van der Waals surface area contributed by atoms with E-state index in [-0.39, 0.29) is 12.5 Å². The van der Waals surface area contributed by atoms with Crippen molar-refractivity contribution in [3.05, 3.63) is 75.9 Å². The van der Waals surface area contributed by atoms with Gasteiger partial charge < -0.3 is 19.1 Å². The average molecular weight is 595 g/mol. The maximum atomic E-state index is 14.1. The normalized spacial score (nSPS) is 15.5. The lowest BCUT2D eigenvalue weighted by Crippen LogP contribution is -2.55. The predicted molar refractivity (Wildman–Crippen MR) is 157 cm³/mol. The van der Waals surface area contributed by atoms with Crippen LogP contribution in [0.5, 0.6) is 11.5 Å². The van der Waals surface area contributed by atoms with E-state index in [0.717, 1.165) is 11.1 Å². The molecular weight excluding hydrogens is 567 g/mol. The van der Waals surface area contributed by atoms with Gasteiger partial charge in [0, 0.05) is 39.3 Å². The second-order valence-corrected chi connectivity index (χ2v) is 11.4. The molecule has 6 rings (SSSR count). The van der Waals surface area contributed by atoms with Crippen LogP contribution in [0, 0.1) is 0 Å². The van der Waals surface area contributed by atoms with Crippen LogP contribution in [0.4, 0.5) is 5.69 Å². The number of nitrogens with one attached hydrogen (secondary N) is 1. The van der Waals surface area contributed by atoms with E-state index in [1.54, 1.807) is 47.0 Å². The number of carbonyl (C=O) groups excluding carboxylic acids is 1. The lowest BCUT2D eigenvalue weighted by atomic mass is 9.95. The van der Waals surface area contributed by atoms with Crippen LogP contribution in [-0.4, -0.2) is 58.2 Å². The number of rotatable bonds is 5. The number of carbonyl (C=O) groups is 1. The summed E-state index contributed by atoms with van der Waals surface area (Å²) >= 11 is 12.8. The zero-order valence-corrected chi connectivity index (χ0v) is 24.2. The molecule has 3 heterocycles. The van der Waals surface area contributed by atoms with Crippen molar-refractivity contribution < 1.29 is 24.2 Å². The number of hydrogen-bond donors (Lipinski definition) is 2. The molecule has 2 aliphatic heterocycles. The van der Waals surface area contributed by atoms with Crippen molar-refractivity contribution in [1.82, 2.24) is 14.7 Å². The minimum Gasteiger partial charge on any atom is -0.496 e. The Kier molecular flexibility index (Phi) is 7.07. The van der Waals surface area contributed by atoms with Gasteiger partial charge in [0.2, 0.25) is 0 Å². The Morgan fingerprint density at radius 1 is 1.10 bits per heavy atom. The molecule has 0 aliphatic carbocycles. The molecule has 1 aromatic heterocycles. The van der Waals surface area contributed by atoms with E-state index in [9.17, 15) is 10.0 Å². The topological polar surface area (TPSA) is 98.1 Å². The van der Waals surface area contributed by atoms with Gasteiger partial charge in [-0.25, -0.2) is 4.68 Å². The quantitative estimate of drug-likeness (QED) is 0.256. The number of aromatic nitrogens is 2. The molecular formula is C30H28Cl2N4O5. The maximum absolute atomic E-state index is 14.1. The molecule has 11 heteroatoms. The van der Waals surface area contributed by atoms with Gasteiger partial charge >= 0.3 is 0 Å². The third-order valence-corrected chi connectivity index (χ3v) is 7.84. The fraction of sp³-hybridized carbons (Fsp3) is 0.267. The SMILES string of the molecule is COc1cc2c(cc1-c1cccc(NO)c1)-c1c(c(C(=O)N3CCOCC3(C)C)nn1-c1cc(Cl)cc(Cl)c1)CO2. The van der Waals surface area contributed by atoms with Crippen LogP contribution >= 0.6 is 23.2 Å². The first-order valence-corrected chi connectivity index (χ1v) is 13.8. The Bertz CT molecular complexity index is 1650. The highest BCUT2D eigenvalue weighted by atomic mass is 35.5. The number of halogens is 2. The first kappa shape index (κ1) is 27.4. The largest absolute Gasteiger partial charge is 0.496 e. The number of morpholine rings is 1. The zero-order valence-electron chi connectivity index (χ0n) is 22.7. The Balaban J connectivity index is 1.59. The number of nitrogens with zero attached hydrogens (tertiary/aromatic N) is 3. The summed E-state index contributed by atoms with van der Waals surface area (Å²) < 4.78 is 19.3. The van der Waals surface area contributed by atoms with E-state index < -0.39 is 5.54 Å². The first-order valence-electron chi connectivity index (χ1n) is 13.0. The Morgan fingerprint density at radius 3 is 2.59 bits per heavy atom. The third kappa shape index (κ3) is 4.89. The Hall–Kier alpha value is -3.76. The molecule has 4 aromatic rings. The highest BCUT2D eigenvalue weighted by Crippen LogP contribution is 2.46. The van der Waals surface area contributed by atoms with Crippen LogP contribution in [-0.2, 0) is 11.3 Å². The lowest BCUT2D eigenvalue weighted by Gasteiger charge is -2.41. The van der Waals surface area contributed by atoms with Gasteiger partial charge in [0.05, 0.1) is 42.9 Å². The maximum Gasteiger partial charge on any atom is 0.275 e. The van der Waals surface area contributed by atoms with Crippen molar-refractivity contribution in [2.45, 2.75) is 26.0 Å². The van der Waals surface area contributed by atoms with E-state index in [0.29, 0.717) is 75.2 Å². The summed E-state index contributed by atoms with van der Waals surface area (Å²) in [7, 11) is 1.59. The molecule has 3 aromatic carbocycles. The molecule has 0 atom stereocenters. The van der Waals surface area contributed by atoms with Gasteiger partial charge in [-0.2, -0.15) is 5.10 Å². The molecule has 0 bridgehead atoms. The minimum atomic E-state index is -0.509. The summed E-state index contributed by atoms with van der Waals surface area (Å²) in [5, 5.41) is 15.2. The molecule has 1 fully saturated rings. The molecule has 2 aliphatic rings. The minimum absolute atomic E-state index is 0.134. The van der Waals surface area contributed by atoms with E-state index in [2.05, 4.69) is 5.48 Å². The van der Waals surface area contributed by atoms with Crippen LogP contribution in [0.3, 0.4) is 0 Å². The predicted octanol–water partition coefficient (Wildman–Crippen LogP) is 6.47. The van der Waals surface area contributed by atoms with E-state index >= 15 is 0 Å². The zero-order chi connectivity index (χ0) is 28.9. The summed E-state index contributed by atoms with van der Waals surface area (Å²) in [6.45, 7) is 5.41. The number of anilines is 1. The van der Waals surface area contributed by atoms with Crippen LogP contribution in [0.1, 0.15) is 29.9 Å². The van der Waals surface area contributed by atoms with Gasteiger partial charge in [-0.3, -0.25) is 15.5 Å². The van der Waals surface area contributed by atoms with Gasteiger partial charge in [-0.15, -0.1) is 0 Å². The molecule has 9 nitrogen and oxygen atoms in total. The lowest BCUT2D eigenvalue weighted by molar-refractivity contribution is -0.0374. The summed E-state index contributed by atoms with van der Waals surface area (Å²) in [6.07, 6.45) is 0. The van der Waals surface area contributed by atoms with Crippen molar-refractivity contribution in [2.75, 3.05) is 32.3 Å². The van der Waals surface area contributed by atoms with Gasteiger partial charge in [-0.1, -0.05) is 35.3 Å². The van der Waals surface area contributed by atoms with Crippen LogP contribution in [0.2, 0.25) is 10.0 Å². The Morgan fingerprint density at radius 2 is 1.88 bits per heavy atom. The van der Waals surface area contributed by atoms with Crippen molar-refractivity contribution in [1.29, 1.82) is 0 Å². The van der Waals surface area contributed by atoms with Gasteiger partial charge in [0.1, 0.15) is 18.1 Å². The second kappa shape index (κ2) is 10.6. The molecule has 0 unspecified atom stereocenters. The average Bonchev–Trinajstić information content (AvgIpc) is 3.35. The summed E-state index contributed by atoms with van der Waals surface area (Å²) in [4.78, 5) is 15.9. The monoisotopic (exact) mass is 594 g/mol. The first-order chi connectivity index (χ1) is 19.7. The molecule has 1 saturated heterocycles. The molecule has 0 spiro atoms. The van der Waals surface area contributed by atoms with E-state index in [1.165, 1.54) is 0 Å². The molecule has 41 heavy (non-hydrogen) atoms. The fourth-order valence-corrected chi connectivity index (χ4v) is 5.93. The highest BCUT2D eigenvalue weighted by Gasteiger charge is 2.39.